The molecule has 2 amide bonds. The largest absolute Gasteiger partial charge is 0.462 e. The summed E-state index contributed by atoms with van der Waals surface area (Å²) in [4.78, 5) is 14.9. The van der Waals surface area contributed by atoms with E-state index in [-0.39, 0.29) is 6.03 Å². The van der Waals surface area contributed by atoms with Crippen molar-refractivity contribution in [1.29, 1.82) is 0 Å². The molecule has 5 rings (SSSR count). The molecule has 2 fully saturated rings. The number of urea groups is 1. The quantitative estimate of drug-likeness (QED) is 0.703. The minimum absolute atomic E-state index is 0.310. The van der Waals surface area contributed by atoms with Crippen molar-refractivity contribution in [2.24, 2.45) is 0 Å². The van der Waals surface area contributed by atoms with Gasteiger partial charge in [0.1, 0.15) is 5.75 Å². The number of likely N-dealkylation sites (tertiary alicyclic amines) is 1. The van der Waals surface area contributed by atoms with Gasteiger partial charge in [-0.25, -0.2) is 4.79 Å². The number of hydrogen-bond acceptors (Lipinski definition) is 4. The molecule has 1 saturated carbocycles. The number of fused-ring (bicyclic) bond motifs is 1. The van der Waals surface area contributed by atoms with E-state index < -0.39 is 5.79 Å². The highest BCUT2D eigenvalue weighted by atomic mass is 35.5. The van der Waals surface area contributed by atoms with Crippen LogP contribution in [0.5, 0.6) is 5.75 Å². The van der Waals surface area contributed by atoms with Gasteiger partial charge in [-0.1, -0.05) is 18.0 Å². The number of anilines is 2. The van der Waals surface area contributed by atoms with E-state index in [1.54, 1.807) is 24.3 Å². The summed E-state index contributed by atoms with van der Waals surface area (Å²) < 4.78 is 12.5. The zero-order valence-corrected chi connectivity index (χ0v) is 17.6. The Hall–Kier alpha value is -2.28. The molecule has 2 aliphatic heterocycles. The van der Waals surface area contributed by atoms with Gasteiger partial charge in [-0.3, -0.25) is 4.90 Å². The molecule has 1 spiro atoms. The molecule has 2 aromatic carbocycles. The zero-order valence-electron chi connectivity index (χ0n) is 16.8. The molecular weight excluding hydrogens is 402 g/mol. The molecule has 1 saturated heterocycles. The first-order valence-electron chi connectivity index (χ1n) is 10.6. The molecule has 30 heavy (non-hydrogen) atoms. The van der Waals surface area contributed by atoms with Crippen molar-refractivity contribution in [2.75, 3.05) is 23.7 Å². The average Bonchev–Trinajstić information content (AvgIpc) is 2.70. The highest BCUT2D eigenvalue weighted by Gasteiger charge is 2.42. The summed E-state index contributed by atoms with van der Waals surface area (Å²) in [7, 11) is 0. The second kappa shape index (κ2) is 8.10. The maximum Gasteiger partial charge on any atom is 0.323 e. The molecule has 2 N–H and O–H groups in total. The number of hydrogen-bond donors (Lipinski definition) is 2. The van der Waals surface area contributed by atoms with Gasteiger partial charge in [0.2, 0.25) is 5.79 Å². The van der Waals surface area contributed by atoms with Gasteiger partial charge in [0.05, 0.1) is 6.61 Å². The Morgan fingerprint density at radius 3 is 2.43 bits per heavy atom. The molecule has 3 aliphatic rings. The van der Waals surface area contributed by atoms with Gasteiger partial charge < -0.3 is 20.1 Å². The van der Waals surface area contributed by atoms with Gasteiger partial charge in [0.15, 0.2) is 0 Å². The zero-order chi connectivity index (χ0) is 20.6. The Kier molecular flexibility index (Phi) is 5.31. The van der Waals surface area contributed by atoms with E-state index in [1.165, 1.54) is 19.3 Å². The van der Waals surface area contributed by atoms with E-state index in [4.69, 9.17) is 21.1 Å². The third-order valence-corrected chi connectivity index (χ3v) is 6.61. The number of nitrogens with one attached hydrogen (secondary N) is 2. The number of ether oxygens (including phenoxy) is 2. The summed E-state index contributed by atoms with van der Waals surface area (Å²) in [6, 6.07) is 13.1. The van der Waals surface area contributed by atoms with Gasteiger partial charge in [-0.15, -0.1) is 0 Å². The Labute approximate surface area is 181 Å². The monoisotopic (exact) mass is 427 g/mol. The number of amides is 2. The Morgan fingerprint density at radius 2 is 1.73 bits per heavy atom. The number of carbonyl (C=O) groups excluding carboxylic acids is 1. The van der Waals surface area contributed by atoms with Gasteiger partial charge in [0.25, 0.3) is 0 Å². The second-order valence-corrected chi connectivity index (χ2v) is 8.77. The lowest BCUT2D eigenvalue weighted by Gasteiger charge is -2.47. The van der Waals surface area contributed by atoms with E-state index in [2.05, 4.69) is 15.5 Å². The first kappa shape index (κ1) is 19.7. The fourth-order valence-corrected chi connectivity index (χ4v) is 4.49. The van der Waals surface area contributed by atoms with Crippen molar-refractivity contribution >= 4 is 29.0 Å². The van der Waals surface area contributed by atoms with Crippen LogP contribution in [0.3, 0.4) is 0 Å². The minimum atomic E-state index is -0.506. The molecule has 0 aromatic heterocycles. The summed E-state index contributed by atoms with van der Waals surface area (Å²) >= 11 is 5.88. The van der Waals surface area contributed by atoms with Crippen molar-refractivity contribution < 1.29 is 14.3 Å². The van der Waals surface area contributed by atoms with E-state index >= 15 is 0 Å². The number of benzene rings is 2. The minimum Gasteiger partial charge on any atom is -0.462 e. The van der Waals surface area contributed by atoms with Crippen LogP contribution >= 0.6 is 11.6 Å². The normalized spacial score (nSPS) is 20.7. The Morgan fingerprint density at radius 1 is 1.03 bits per heavy atom. The summed E-state index contributed by atoms with van der Waals surface area (Å²) in [6.07, 6.45) is 5.82. The topological polar surface area (TPSA) is 62.8 Å². The van der Waals surface area contributed by atoms with Crippen LogP contribution < -0.4 is 15.4 Å². The van der Waals surface area contributed by atoms with Crippen molar-refractivity contribution in [3.8, 4) is 5.75 Å². The SMILES string of the molecule is O=C(Nc1ccc(Cl)cc1)Nc1ccc2c(c1)COC1(CCN(C3CCC3)CC1)O2. The second-order valence-electron chi connectivity index (χ2n) is 8.33. The van der Waals surface area contributed by atoms with Crippen LogP contribution in [0.1, 0.15) is 37.7 Å². The van der Waals surface area contributed by atoms with Crippen molar-refractivity contribution in [1.82, 2.24) is 4.90 Å². The number of piperidine rings is 1. The van der Waals surface area contributed by atoms with Gasteiger partial charge in [-0.05, 0) is 55.3 Å². The smallest absolute Gasteiger partial charge is 0.323 e. The fraction of sp³-hybridized carbons (Fsp3) is 0.435. The molecule has 0 radical (unpaired) electrons. The highest BCUT2D eigenvalue weighted by molar-refractivity contribution is 6.30. The molecule has 0 atom stereocenters. The van der Waals surface area contributed by atoms with E-state index in [0.29, 0.717) is 23.0 Å². The number of rotatable bonds is 3. The van der Waals surface area contributed by atoms with E-state index in [9.17, 15) is 4.79 Å². The van der Waals surface area contributed by atoms with Gasteiger partial charge in [0, 0.05) is 53.9 Å². The van der Waals surface area contributed by atoms with Crippen LogP contribution in [-0.4, -0.2) is 35.8 Å². The summed E-state index contributed by atoms with van der Waals surface area (Å²) in [5.74, 6) is 0.343. The van der Waals surface area contributed by atoms with E-state index in [0.717, 1.165) is 43.3 Å². The first-order valence-corrected chi connectivity index (χ1v) is 11.0. The van der Waals surface area contributed by atoms with Crippen LogP contribution in [0.15, 0.2) is 42.5 Å². The van der Waals surface area contributed by atoms with Crippen molar-refractivity contribution in [3.05, 3.63) is 53.1 Å². The fourth-order valence-electron chi connectivity index (χ4n) is 4.36. The molecule has 0 unspecified atom stereocenters. The molecule has 7 heteroatoms. The van der Waals surface area contributed by atoms with Crippen LogP contribution in [0.25, 0.3) is 0 Å². The molecule has 1 aliphatic carbocycles. The first-order chi connectivity index (χ1) is 14.6. The lowest BCUT2D eigenvalue weighted by molar-refractivity contribution is -0.231. The lowest BCUT2D eigenvalue weighted by atomic mass is 9.89. The van der Waals surface area contributed by atoms with Crippen LogP contribution in [0.2, 0.25) is 5.02 Å². The number of nitrogens with zero attached hydrogens (tertiary/aromatic N) is 1. The van der Waals surface area contributed by atoms with Gasteiger partial charge in [-0.2, -0.15) is 0 Å². The number of carbonyl (C=O) groups is 1. The Bertz CT molecular complexity index is 922. The Balaban J connectivity index is 1.19. The molecule has 6 nitrogen and oxygen atoms in total. The predicted octanol–water partition coefficient (Wildman–Crippen LogP) is 5.24. The molecule has 2 heterocycles. The van der Waals surface area contributed by atoms with Crippen molar-refractivity contribution in [3.63, 3.8) is 0 Å². The summed E-state index contributed by atoms with van der Waals surface area (Å²) in [6.45, 7) is 2.56. The van der Waals surface area contributed by atoms with Gasteiger partial charge >= 0.3 is 6.03 Å². The molecule has 2 aromatic rings. The maximum atomic E-state index is 12.3. The summed E-state index contributed by atoms with van der Waals surface area (Å²) in [5, 5.41) is 6.27. The van der Waals surface area contributed by atoms with Crippen LogP contribution in [0.4, 0.5) is 16.2 Å². The maximum absolute atomic E-state index is 12.3. The predicted molar refractivity (Wildman–Crippen MR) is 117 cm³/mol. The van der Waals surface area contributed by atoms with Crippen LogP contribution in [0, 0.1) is 0 Å². The summed E-state index contributed by atoms with van der Waals surface area (Å²) in [5.41, 5.74) is 2.33. The third-order valence-electron chi connectivity index (χ3n) is 6.36. The molecule has 0 bridgehead atoms. The average molecular weight is 428 g/mol. The van der Waals surface area contributed by atoms with Crippen LogP contribution in [-0.2, 0) is 11.3 Å². The molecule has 158 valence electrons. The van der Waals surface area contributed by atoms with Crippen molar-refractivity contribution in [2.45, 2.75) is 50.5 Å². The lowest BCUT2D eigenvalue weighted by Crippen LogP contribution is -2.54. The molecular formula is C23H26ClN3O3. The standard InChI is InChI=1S/C23H26ClN3O3/c24-17-4-6-18(7-5-17)25-22(28)26-19-8-9-21-16(14-19)15-29-23(30-21)10-12-27(13-11-23)20-2-1-3-20/h4-9,14,20H,1-3,10-13,15H2,(H2,25,26,28). The third kappa shape index (κ3) is 4.13. The highest BCUT2D eigenvalue weighted by Crippen LogP contribution is 2.40. The van der Waals surface area contributed by atoms with E-state index in [1.807, 2.05) is 18.2 Å². The number of halogens is 1.